The lowest BCUT2D eigenvalue weighted by molar-refractivity contribution is 0.0690. The van der Waals surface area contributed by atoms with E-state index in [0.29, 0.717) is 6.61 Å². The van der Waals surface area contributed by atoms with Crippen LogP contribution < -0.4 is 4.74 Å². The van der Waals surface area contributed by atoms with Gasteiger partial charge in [-0.05, 0) is 66.3 Å². The number of carboxylic acids is 1. The van der Waals surface area contributed by atoms with Crippen LogP contribution in [0.4, 0.5) is 0 Å². The summed E-state index contributed by atoms with van der Waals surface area (Å²) in [7, 11) is 0. The first-order valence-electron chi connectivity index (χ1n) is 9.51. The molecule has 0 saturated carbocycles. The number of carboxylic acid groups (broad SMARTS) is 1. The molecule has 0 radical (unpaired) electrons. The number of carbonyl (C=O) groups is 1. The minimum absolute atomic E-state index is 0.0704. The van der Waals surface area contributed by atoms with Crippen LogP contribution in [0.5, 0.6) is 5.75 Å². The van der Waals surface area contributed by atoms with Crippen molar-refractivity contribution in [1.82, 2.24) is 4.98 Å². The molecule has 0 atom stereocenters. The average molecular weight is 450 g/mol. The Balaban J connectivity index is 1.66. The molecular formula is C24H20BrNO3. The fourth-order valence-corrected chi connectivity index (χ4v) is 3.89. The van der Waals surface area contributed by atoms with Crippen LogP contribution >= 0.6 is 15.9 Å². The fraction of sp³-hybridized carbons (Fsp3) is 0.167. The predicted octanol–water partition coefficient (Wildman–Crippen LogP) is 6.22. The quantitative estimate of drug-likeness (QED) is 0.485. The summed E-state index contributed by atoms with van der Waals surface area (Å²) in [5, 5.41) is 9.27. The second-order valence-corrected chi connectivity index (χ2v) is 7.85. The molecule has 29 heavy (non-hydrogen) atoms. The number of allylic oxidation sites excluding steroid dienone is 2. The number of halogens is 1. The molecule has 3 aromatic rings. The van der Waals surface area contributed by atoms with Gasteiger partial charge < -0.3 is 9.84 Å². The molecule has 0 saturated heterocycles. The molecule has 0 fully saturated rings. The molecule has 1 N–H and O–H groups in total. The summed E-state index contributed by atoms with van der Waals surface area (Å²) >= 11 is 3.45. The summed E-state index contributed by atoms with van der Waals surface area (Å²) in [6.45, 7) is 0.486. The van der Waals surface area contributed by atoms with Crippen molar-refractivity contribution in [2.24, 2.45) is 0 Å². The second kappa shape index (κ2) is 8.62. The van der Waals surface area contributed by atoms with Gasteiger partial charge in [0.25, 0.3) is 0 Å². The number of nitrogens with zero attached hydrogens (tertiary/aromatic N) is 1. The highest BCUT2D eigenvalue weighted by Gasteiger charge is 2.22. The molecule has 0 spiro atoms. The van der Waals surface area contributed by atoms with Crippen molar-refractivity contribution in [3.05, 3.63) is 93.7 Å². The molecule has 0 unspecified atom stereocenters. The number of ether oxygens (including phenoxy) is 1. The van der Waals surface area contributed by atoms with Crippen LogP contribution in [0.2, 0.25) is 0 Å². The number of hydrogen-bond donors (Lipinski definition) is 1. The van der Waals surface area contributed by atoms with E-state index in [2.05, 4.69) is 27.0 Å². The zero-order chi connectivity index (χ0) is 20.2. The fourth-order valence-electron chi connectivity index (χ4n) is 3.63. The van der Waals surface area contributed by atoms with Crippen LogP contribution in [-0.2, 0) is 6.61 Å². The largest absolute Gasteiger partial charge is 0.488 e. The Kier molecular flexibility index (Phi) is 5.76. The number of hydrogen-bond acceptors (Lipinski definition) is 3. The van der Waals surface area contributed by atoms with Crippen LogP contribution in [0.15, 0.2) is 71.2 Å². The highest BCUT2D eigenvalue weighted by Crippen LogP contribution is 2.42. The second-order valence-electron chi connectivity index (χ2n) is 6.94. The molecule has 146 valence electrons. The SMILES string of the molecule is O=C(O)c1cccc(C2=C(c3ccccc3OCc3ccc(Br)cc3)CCC2)n1. The van der Waals surface area contributed by atoms with Gasteiger partial charge in [-0.3, -0.25) is 0 Å². The van der Waals surface area contributed by atoms with Gasteiger partial charge in [0.05, 0.1) is 5.69 Å². The molecule has 1 aliphatic rings. The van der Waals surface area contributed by atoms with Crippen molar-refractivity contribution in [2.45, 2.75) is 25.9 Å². The van der Waals surface area contributed by atoms with E-state index in [1.54, 1.807) is 6.07 Å². The van der Waals surface area contributed by atoms with E-state index in [4.69, 9.17) is 4.74 Å². The van der Waals surface area contributed by atoms with Gasteiger partial charge in [-0.1, -0.05) is 52.3 Å². The van der Waals surface area contributed by atoms with Gasteiger partial charge in [-0.25, -0.2) is 9.78 Å². The number of aromatic nitrogens is 1. The Labute approximate surface area is 178 Å². The highest BCUT2D eigenvalue weighted by atomic mass is 79.9. The maximum absolute atomic E-state index is 11.3. The van der Waals surface area contributed by atoms with Gasteiger partial charge in [-0.2, -0.15) is 0 Å². The van der Waals surface area contributed by atoms with Crippen LogP contribution in [0, 0.1) is 0 Å². The average Bonchev–Trinajstić information content (AvgIpc) is 3.23. The maximum atomic E-state index is 11.3. The zero-order valence-electron chi connectivity index (χ0n) is 15.8. The third kappa shape index (κ3) is 4.40. The Morgan fingerprint density at radius 3 is 2.52 bits per heavy atom. The molecule has 1 heterocycles. The molecule has 0 bridgehead atoms. The minimum atomic E-state index is -1.01. The summed E-state index contributed by atoms with van der Waals surface area (Å²) in [5.41, 5.74) is 5.25. The van der Waals surface area contributed by atoms with Gasteiger partial charge in [-0.15, -0.1) is 0 Å². The molecule has 5 heteroatoms. The third-order valence-electron chi connectivity index (χ3n) is 5.02. The molecule has 4 rings (SSSR count). The van der Waals surface area contributed by atoms with E-state index in [1.165, 1.54) is 11.6 Å². The number of pyridine rings is 1. The van der Waals surface area contributed by atoms with Crippen LogP contribution in [0.3, 0.4) is 0 Å². The van der Waals surface area contributed by atoms with Crippen molar-refractivity contribution < 1.29 is 14.6 Å². The Morgan fingerprint density at radius 1 is 0.966 bits per heavy atom. The summed E-state index contributed by atoms with van der Waals surface area (Å²) in [4.78, 5) is 15.7. The monoisotopic (exact) mass is 449 g/mol. The van der Waals surface area contributed by atoms with Crippen molar-refractivity contribution in [1.29, 1.82) is 0 Å². The van der Waals surface area contributed by atoms with E-state index in [0.717, 1.165) is 51.9 Å². The van der Waals surface area contributed by atoms with E-state index >= 15 is 0 Å². The van der Waals surface area contributed by atoms with Gasteiger partial charge in [0.1, 0.15) is 18.1 Å². The van der Waals surface area contributed by atoms with Gasteiger partial charge in [0.2, 0.25) is 0 Å². The molecule has 2 aromatic carbocycles. The Hall–Kier alpha value is -2.92. The van der Waals surface area contributed by atoms with Crippen LogP contribution in [-0.4, -0.2) is 16.1 Å². The summed E-state index contributed by atoms with van der Waals surface area (Å²) < 4.78 is 7.20. The van der Waals surface area contributed by atoms with E-state index < -0.39 is 5.97 Å². The molecule has 1 aliphatic carbocycles. The van der Waals surface area contributed by atoms with E-state index in [9.17, 15) is 9.90 Å². The summed E-state index contributed by atoms with van der Waals surface area (Å²) in [6.07, 6.45) is 2.82. The first kappa shape index (κ1) is 19.4. The maximum Gasteiger partial charge on any atom is 0.354 e. The van der Waals surface area contributed by atoms with Gasteiger partial charge in [0.15, 0.2) is 0 Å². The summed E-state index contributed by atoms with van der Waals surface area (Å²) in [6, 6.07) is 21.3. The number of para-hydroxylation sites is 1. The normalized spacial score (nSPS) is 13.6. The molecule has 1 aromatic heterocycles. The Morgan fingerprint density at radius 2 is 1.72 bits per heavy atom. The van der Waals surface area contributed by atoms with Crippen molar-refractivity contribution in [3.8, 4) is 5.75 Å². The van der Waals surface area contributed by atoms with Crippen LogP contribution in [0.25, 0.3) is 11.1 Å². The predicted molar refractivity (Wildman–Crippen MR) is 117 cm³/mol. The molecule has 0 aliphatic heterocycles. The lowest BCUT2D eigenvalue weighted by atomic mass is 9.99. The van der Waals surface area contributed by atoms with E-state index in [1.807, 2.05) is 48.5 Å². The van der Waals surface area contributed by atoms with Gasteiger partial charge in [0, 0.05) is 10.0 Å². The smallest absolute Gasteiger partial charge is 0.354 e. The number of aromatic carboxylic acids is 1. The van der Waals surface area contributed by atoms with Crippen molar-refractivity contribution in [3.63, 3.8) is 0 Å². The summed E-state index contributed by atoms with van der Waals surface area (Å²) in [5.74, 6) is -0.176. The lowest BCUT2D eigenvalue weighted by Crippen LogP contribution is -2.02. The molecule has 4 nitrogen and oxygen atoms in total. The lowest BCUT2D eigenvalue weighted by Gasteiger charge is -2.14. The number of benzene rings is 2. The van der Waals surface area contributed by atoms with Crippen molar-refractivity contribution >= 4 is 33.0 Å². The third-order valence-corrected chi connectivity index (χ3v) is 5.54. The Bertz CT molecular complexity index is 1070. The highest BCUT2D eigenvalue weighted by molar-refractivity contribution is 9.10. The van der Waals surface area contributed by atoms with Gasteiger partial charge >= 0.3 is 5.97 Å². The minimum Gasteiger partial charge on any atom is -0.488 e. The number of rotatable bonds is 6. The first-order valence-corrected chi connectivity index (χ1v) is 10.3. The molecule has 0 amide bonds. The standard InChI is InChI=1S/C24H20BrNO3/c25-17-13-11-16(12-14-17)15-29-23-10-2-1-5-20(23)18-6-3-7-19(18)21-8-4-9-22(26-21)24(27)28/h1-2,4-5,8-14H,3,6-7,15H2,(H,27,28). The van der Waals surface area contributed by atoms with Crippen LogP contribution in [0.1, 0.15) is 46.6 Å². The van der Waals surface area contributed by atoms with E-state index in [-0.39, 0.29) is 5.69 Å². The zero-order valence-corrected chi connectivity index (χ0v) is 17.4. The first-order chi connectivity index (χ1) is 14.1. The topological polar surface area (TPSA) is 59.4 Å². The molecular weight excluding hydrogens is 430 g/mol. The van der Waals surface area contributed by atoms with Crippen molar-refractivity contribution in [2.75, 3.05) is 0 Å².